The van der Waals surface area contributed by atoms with E-state index in [9.17, 15) is 9.59 Å². The molecule has 1 amide bonds. The summed E-state index contributed by atoms with van der Waals surface area (Å²) < 4.78 is 5.10. The number of amides is 1. The van der Waals surface area contributed by atoms with E-state index in [1.54, 1.807) is 18.5 Å². The summed E-state index contributed by atoms with van der Waals surface area (Å²) in [5.41, 5.74) is 5.29. The van der Waals surface area contributed by atoms with Crippen LogP contribution in [0.1, 0.15) is 56.5 Å². The van der Waals surface area contributed by atoms with E-state index in [-0.39, 0.29) is 5.91 Å². The van der Waals surface area contributed by atoms with Crippen molar-refractivity contribution in [2.45, 2.75) is 39.5 Å². The Balaban J connectivity index is 1.59. The fourth-order valence-corrected chi connectivity index (χ4v) is 6.11. The number of fused-ring (bicyclic) bond motifs is 2. The Morgan fingerprint density at radius 3 is 2.83 bits per heavy atom. The number of ether oxygens (including phenoxy) is 1. The van der Waals surface area contributed by atoms with Crippen LogP contribution in [0.15, 0.2) is 48.8 Å². The van der Waals surface area contributed by atoms with Crippen LogP contribution < -0.4 is 5.32 Å². The molecule has 5 rings (SSSR count). The van der Waals surface area contributed by atoms with Crippen LogP contribution >= 0.6 is 11.3 Å². The first kappa shape index (κ1) is 23.2. The lowest BCUT2D eigenvalue weighted by Gasteiger charge is -2.20. The first-order valence-corrected chi connectivity index (χ1v) is 12.7. The minimum atomic E-state index is -0.403. The normalized spacial score (nSPS) is 15.0. The highest BCUT2D eigenvalue weighted by Gasteiger charge is 2.30. The summed E-state index contributed by atoms with van der Waals surface area (Å²) in [4.78, 5) is 36.6. The van der Waals surface area contributed by atoms with Crippen LogP contribution in [0.5, 0.6) is 0 Å². The van der Waals surface area contributed by atoms with Crippen molar-refractivity contribution in [3.05, 3.63) is 75.9 Å². The van der Waals surface area contributed by atoms with Crippen molar-refractivity contribution in [1.29, 1.82) is 0 Å². The number of rotatable bonds is 5. The second kappa shape index (κ2) is 9.58. The second-order valence-corrected chi connectivity index (χ2v) is 10.1. The topological polar surface area (TPSA) is 81.2 Å². The number of carbonyl (C=O) groups excluding carboxylic acids is 2. The summed E-state index contributed by atoms with van der Waals surface area (Å²) in [6, 6.07) is 11.4. The zero-order valence-electron chi connectivity index (χ0n) is 20.1. The molecule has 1 atom stereocenters. The van der Waals surface area contributed by atoms with Gasteiger partial charge in [-0.15, -0.1) is 11.3 Å². The van der Waals surface area contributed by atoms with Gasteiger partial charge in [0.1, 0.15) is 5.00 Å². The zero-order valence-corrected chi connectivity index (χ0v) is 20.9. The van der Waals surface area contributed by atoms with Gasteiger partial charge in [-0.3, -0.25) is 9.78 Å². The van der Waals surface area contributed by atoms with Crippen molar-refractivity contribution in [3.8, 4) is 11.3 Å². The van der Waals surface area contributed by atoms with Gasteiger partial charge in [0.15, 0.2) is 0 Å². The molecule has 35 heavy (non-hydrogen) atoms. The van der Waals surface area contributed by atoms with Gasteiger partial charge in [0.25, 0.3) is 5.91 Å². The molecule has 0 fully saturated rings. The number of nitrogens with zero attached hydrogens (tertiary/aromatic N) is 2. The van der Waals surface area contributed by atoms with Gasteiger partial charge < -0.3 is 10.1 Å². The smallest absolute Gasteiger partial charge is 0.341 e. The summed E-state index contributed by atoms with van der Waals surface area (Å²) in [7, 11) is 1.38. The molecule has 0 radical (unpaired) electrons. The Kier molecular flexibility index (Phi) is 6.34. The van der Waals surface area contributed by atoms with E-state index in [0.717, 1.165) is 53.3 Å². The average Bonchev–Trinajstić information content (AvgIpc) is 3.24. The fraction of sp³-hybridized carbons (Fsp3) is 0.286. The molecule has 1 aromatic carbocycles. The number of thiophene rings is 1. The number of pyridine rings is 2. The maximum atomic E-state index is 13.7. The fourth-order valence-electron chi connectivity index (χ4n) is 4.77. The van der Waals surface area contributed by atoms with Crippen LogP contribution in [0.25, 0.3) is 22.2 Å². The molecule has 0 unspecified atom stereocenters. The van der Waals surface area contributed by atoms with Crippen LogP contribution in [-0.4, -0.2) is 29.0 Å². The summed E-state index contributed by atoms with van der Waals surface area (Å²) in [5.74, 6) is -0.0764. The molecule has 0 spiro atoms. The third kappa shape index (κ3) is 4.44. The van der Waals surface area contributed by atoms with Gasteiger partial charge in [0.2, 0.25) is 0 Å². The van der Waals surface area contributed by atoms with Crippen LogP contribution in [0.3, 0.4) is 0 Å². The lowest BCUT2D eigenvalue weighted by Crippen LogP contribution is -2.17. The van der Waals surface area contributed by atoms with Crippen molar-refractivity contribution in [1.82, 2.24) is 9.97 Å². The highest BCUT2D eigenvalue weighted by atomic mass is 32.1. The van der Waals surface area contributed by atoms with Crippen molar-refractivity contribution in [2.75, 3.05) is 12.4 Å². The standard InChI is InChI=1S/C28H27N3O3S/c1-4-17-8-9-19-24(13-17)35-27(25(19)28(33)34-3)31-26(32)21-14-23(18-6-5-11-29-15-18)30-22-10-7-16(2)12-20(21)22/h5-7,10-12,14-15,17H,4,8-9,13H2,1-3H3,(H,31,32)/t17-/m0/s1. The monoisotopic (exact) mass is 485 g/mol. The molecule has 0 bridgehead atoms. The first-order valence-electron chi connectivity index (χ1n) is 11.8. The Bertz CT molecular complexity index is 1430. The molecule has 1 aliphatic rings. The van der Waals surface area contributed by atoms with E-state index in [4.69, 9.17) is 9.72 Å². The van der Waals surface area contributed by atoms with Gasteiger partial charge in [-0.2, -0.15) is 0 Å². The molecular weight excluding hydrogens is 458 g/mol. The molecular formula is C28H27N3O3S. The maximum absolute atomic E-state index is 13.7. The van der Waals surface area contributed by atoms with Crippen molar-refractivity contribution in [3.63, 3.8) is 0 Å². The van der Waals surface area contributed by atoms with Crippen LogP contribution in [0.2, 0.25) is 0 Å². The molecule has 7 heteroatoms. The van der Waals surface area contributed by atoms with Gasteiger partial charge in [-0.1, -0.05) is 25.0 Å². The molecule has 3 heterocycles. The zero-order chi connectivity index (χ0) is 24.5. The van der Waals surface area contributed by atoms with Gasteiger partial charge in [0.05, 0.1) is 29.4 Å². The number of hydrogen-bond donors (Lipinski definition) is 1. The lowest BCUT2D eigenvalue weighted by atomic mass is 9.85. The summed E-state index contributed by atoms with van der Waals surface area (Å²) in [6.45, 7) is 4.19. The number of hydrogen-bond acceptors (Lipinski definition) is 6. The van der Waals surface area contributed by atoms with E-state index in [1.807, 2.05) is 37.3 Å². The number of carbonyl (C=O) groups is 2. The Labute approximate surface area is 208 Å². The lowest BCUT2D eigenvalue weighted by molar-refractivity contribution is 0.0601. The van der Waals surface area contributed by atoms with Gasteiger partial charge >= 0.3 is 5.97 Å². The highest BCUT2D eigenvalue weighted by molar-refractivity contribution is 7.17. The molecule has 178 valence electrons. The van der Waals surface area contributed by atoms with E-state index in [2.05, 4.69) is 17.2 Å². The number of benzene rings is 1. The molecule has 0 aliphatic heterocycles. The molecule has 1 aliphatic carbocycles. The second-order valence-electron chi connectivity index (χ2n) is 8.99. The average molecular weight is 486 g/mol. The van der Waals surface area contributed by atoms with Crippen LogP contribution in [-0.2, 0) is 17.6 Å². The van der Waals surface area contributed by atoms with E-state index in [0.29, 0.717) is 27.7 Å². The van der Waals surface area contributed by atoms with Gasteiger partial charge in [-0.25, -0.2) is 9.78 Å². The van der Waals surface area contributed by atoms with E-state index in [1.165, 1.54) is 23.3 Å². The maximum Gasteiger partial charge on any atom is 0.341 e. The summed E-state index contributed by atoms with van der Waals surface area (Å²) >= 11 is 1.50. The predicted octanol–water partition coefficient (Wildman–Crippen LogP) is 6.22. The molecule has 0 saturated carbocycles. The summed E-state index contributed by atoms with van der Waals surface area (Å²) in [5, 5.41) is 4.38. The predicted molar refractivity (Wildman–Crippen MR) is 139 cm³/mol. The first-order chi connectivity index (χ1) is 17.0. The van der Waals surface area contributed by atoms with Gasteiger partial charge in [-0.05, 0) is 68.0 Å². The summed E-state index contributed by atoms with van der Waals surface area (Å²) in [6.07, 6.45) is 7.34. The highest BCUT2D eigenvalue weighted by Crippen LogP contribution is 2.41. The number of nitrogens with one attached hydrogen (secondary N) is 1. The SMILES string of the molecule is CC[C@H]1CCc2c(sc(NC(=O)c3cc(-c4cccnc4)nc4ccc(C)cc34)c2C(=O)OC)C1. The number of aryl methyl sites for hydroxylation is 1. The molecule has 6 nitrogen and oxygen atoms in total. The van der Waals surface area contributed by atoms with E-state index < -0.39 is 5.97 Å². The molecule has 3 aromatic heterocycles. The Morgan fingerprint density at radius 2 is 2.09 bits per heavy atom. The largest absolute Gasteiger partial charge is 0.465 e. The number of aromatic nitrogens is 2. The van der Waals surface area contributed by atoms with E-state index >= 15 is 0 Å². The van der Waals surface area contributed by atoms with Crippen molar-refractivity contribution < 1.29 is 14.3 Å². The van der Waals surface area contributed by atoms with Crippen LogP contribution in [0.4, 0.5) is 5.00 Å². The quantitative estimate of drug-likeness (QED) is 0.339. The molecule has 0 saturated heterocycles. The molecule has 1 N–H and O–H groups in total. The number of methoxy groups -OCH3 is 1. The van der Waals surface area contributed by atoms with Crippen molar-refractivity contribution in [2.24, 2.45) is 5.92 Å². The van der Waals surface area contributed by atoms with Crippen molar-refractivity contribution >= 4 is 39.1 Å². The Morgan fingerprint density at radius 1 is 1.23 bits per heavy atom. The minimum absolute atomic E-state index is 0.274. The molecule has 4 aromatic rings. The number of anilines is 1. The third-order valence-corrected chi connectivity index (χ3v) is 7.90. The number of esters is 1. The Hall–Kier alpha value is -3.58. The minimum Gasteiger partial charge on any atom is -0.465 e. The van der Waals surface area contributed by atoms with Gasteiger partial charge in [0, 0.05) is 28.2 Å². The third-order valence-electron chi connectivity index (χ3n) is 6.73. The van der Waals surface area contributed by atoms with Crippen LogP contribution in [0, 0.1) is 12.8 Å².